The van der Waals surface area contributed by atoms with Gasteiger partial charge in [-0.25, -0.2) is 0 Å². The van der Waals surface area contributed by atoms with Crippen LogP contribution in [0.2, 0.25) is 0 Å². The number of hydrogen-bond donors (Lipinski definition) is 2. The third kappa shape index (κ3) is 5.35. The first-order valence-electron chi connectivity index (χ1n) is 9.67. The van der Waals surface area contributed by atoms with Crippen LogP contribution in [0.5, 0.6) is 11.5 Å². The van der Waals surface area contributed by atoms with Crippen LogP contribution in [0.1, 0.15) is 26.7 Å². The lowest BCUT2D eigenvalue weighted by molar-refractivity contribution is -0.896. The minimum Gasteiger partial charge on any atom is -0.497 e. The third-order valence-corrected chi connectivity index (χ3v) is 5.18. The number of anilines is 1. The Morgan fingerprint density at radius 2 is 2.00 bits per heavy atom. The molecule has 0 bridgehead atoms. The van der Waals surface area contributed by atoms with Crippen molar-refractivity contribution < 1.29 is 24.0 Å². The monoisotopic (exact) mass is 378 g/mol. The number of amides is 2. The number of ether oxygens (including phenoxy) is 2. The fraction of sp³-hybridized carbons (Fsp3) is 0.600. The molecule has 1 heterocycles. The molecule has 150 valence electrons. The maximum atomic E-state index is 12.5. The van der Waals surface area contributed by atoms with Crippen molar-refractivity contribution in [1.29, 1.82) is 0 Å². The highest BCUT2D eigenvalue weighted by Gasteiger charge is 2.36. The van der Waals surface area contributed by atoms with E-state index >= 15 is 0 Å². The molecule has 1 atom stereocenters. The van der Waals surface area contributed by atoms with Crippen LogP contribution < -0.4 is 24.6 Å². The Bertz CT molecular complexity index is 646. The minimum atomic E-state index is -0.329. The Morgan fingerprint density at radius 1 is 1.26 bits per heavy atom. The molecule has 2 amide bonds. The lowest BCUT2D eigenvalue weighted by Crippen LogP contribution is -3.11. The minimum absolute atomic E-state index is 0.0483. The van der Waals surface area contributed by atoms with Gasteiger partial charge in [0.1, 0.15) is 11.5 Å². The van der Waals surface area contributed by atoms with Crippen LogP contribution in [0.15, 0.2) is 18.2 Å². The average molecular weight is 378 g/mol. The molecule has 7 nitrogen and oxygen atoms in total. The number of benzene rings is 1. The molecule has 1 aliphatic heterocycles. The molecule has 1 fully saturated rings. The van der Waals surface area contributed by atoms with E-state index in [4.69, 9.17) is 9.47 Å². The molecule has 2 rings (SSSR count). The van der Waals surface area contributed by atoms with Gasteiger partial charge in [0.15, 0.2) is 0 Å². The van der Waals surface area contributed by atoms with E-state index in [1.54, 1.807) is 37.3 Å². The molecule has 0 spiro atoms. The summed E-state index contributed by atoms with van der Waals surface area (Å²) in [6.45, 7) is 8.60. The van der Waals surface area contributed by atoms with Gasteiger partial charge in [0.2, 0.25) is 11.8 Å². The van der Waals surface area contributed by atoms with E-state index in [0.717, 1.165) is 26.1 Å². The van der Waals surface area contributed by atoms with Gasteiger partial charge in [-0.3, -0.25) is 9.59 Å². The molecule has 7 heteroatoms. The van der Waals surface area contributed by atoms with Crippen molar-refractivity contribution in [2.24, 2.45) is 5.92 Å². The molecule has 0 aromatic heterocycles. The van der Waals surface area contributed by atoms with Gasteiger partial charge in [-0.1, -0.05) is 0 Å². The lowest BCUT2D eigenvalue weighted by atomic mass is 10.1. The first-order chi connectivity index (χ1) is 13.0. The van der Waals surface area contributed by atoms with Crippen molar-refractivity contribution in [2.75, 3.05) is 51.8 Å². The predicted molar refractivity (Wildman–Crippen MR) is 105 cm³/mol. The quantitative estimate of drug-likeness (QED) is 0.581. The average Bonchev–Trinajstić information content (AvgIpc) is 3.08. The van der Waals surface area contributed by atoms with Gasteiger partial charge in [-0.05, 0) is 26.0 Å². The second kappa shape index (κ2) is 10.2. The van der Waals surface area contributed by atoms with E-state index in [1.807, 2.05) is 0 Å². The van der Waals surface area contributed by atoms with Crippen LogP contribution in [-0.2, 0) is 9.59 Å². The molecular weight excluding hydrogens is 346 g/mol. The number of methoxy groups -OCH3 is 2. The molecule has 1 aliphatic rings. The van der Waals surface area contributed by atoms with Gasteiger partial charge >= 0.3 is 0 Å². The number of hydrogen-bond acceptors (Lipinski definition) is 4. The van der Waals surface area contributed by atoms with Crippen LogP contribution in [0.25, 0.3) is 0 Å². The van der Waals surface area contributed by atoms with Gasteiger partial charge in [-0.15, -0.1) is 0 Å². The number of carbonyl (C=O) groups excluding carboxylic acids is 2. The van der Waals surface area contributed by atoms with E-state index in [-0.39, 0.29) is 24.2 Å². The molecular formula is C20H32N3O4+. The Hall–Kier alpha value is -2.28. The summed E-state index contributed by atoms with van der Waals surface area (Å²) >= 11 is 0. The number of nitrogens with one attached hydrogen (secondary N) is 2. The van der Waals surface area contributed by atoms with Crippen LogP contribution in [0, 0.1) is 5.92 Å². The van der Waals surface area contributed by atoms with Crippen LogP contribution in [0.4, 0.5) is 5.69 Å². The Labute approximate surface area is 161 Å². The number of nitrogens with zero attached hydrogens (tertiary/aromatic N) is 1. The first-order valence-corrected chi connectivity index (χ1v) is 9.67. The summed E-state index contributed by atoms with van der Waals surface area (Å²) < 4.78 is 10.6. The Kier molecular flexibility index (Phi) is 7.91. The molecule has 0 saturated carbocycles. The summed E-state index contributed by atoms with van der Waals surface area (Å²) in [6, 6.07) is 5.32. The molecule has 1 aromatic rings. The van der Waals surface area contributed by atoms with Crippen molar-refractivity contribution in [3.05, 3.63) is 18.2 Å². The van der Waals surface area contributed by atoms with Crippen LogP contribution in [0.3, 0.4) is 0 Å². The van der Waals surface area contributed by atoms with Crippen molar-refractivity contribution in [3.63, 3.8) is 0 Å². The lowest BCUT2D eigenvalue weighted by Gasteiger charge is -2.20. The van der Waals surface area contributed by atoms with Crippen LogP contribution >= 0.6 is 0 Å². The maximum Gasteiger partial charge on any atom is 0.227 e. The van der Waals surface area contributed by atoms with Gasteiger partial charge in [-0.2, -0.15) is 0 Å². The van der Waals surface area contributed by atoms with E-state index in [0.29, 0.717) is 30.3 Å². The second-order valence-corrected chi connectivity index (χ2v) is 6.79. The maximum absolute atomic E-state index is 12.5. The standard InChI is InChI=1S/C20H31N3O4/c1-5-22(6-2)11-7-10-21-20(25)15-12-19(24)23(14-15)17-9-8-16(26-3)13-18(17)27-4/h8-9,13,15H,5-7,10-12,14H2,1-4H3,(H,21,25)/p+1/t15-/m1/s1. The smallest absolute Gasteiger partial charge is 0.227 e. The number of quaternary nitrogens is 1. The summed E-state index contributed by atoms with van der Waals surface area (Å²) in [5, 5.41) is 2.99. The molecule has 1 saturated heterocycles. The molecule has 0 aliphatic carbocycles. The van der Waals surface area contributed by atoms with E-state index in [1.165, 1.54) is 4.90 Å². The summed E-state index contributed by atoms with van der Waals surface area (Å²) in [6.07, 6.45) is 1.17. The SMILES string of the molecule is CC[NH+](CC)CCCNC(=O)[C@@H]1CC(=O)N(c2ccc(OC)cc2OC)C1. The summed E-state index contributed by atoms with van der Waals surface area (Å²) in [7, 11) is 3.14. The third-order valence-electron chi connectivity index (χ3n) is 5.18. The summed E-state index contributed by atoms with van der Waals surface area (Å²) in [5.74, 6) is 0.780. The molecule has 27 heavy (non-hydrogen) atoms. The first kappa shape index (κ1) is 21.0. The van der Waals surface area contributed by atoms with Gasteiger partial charge in [0.05, 0.1) is 45.5 Å². The number of rotatable bonds is 10. The highest BCUT2D eigenvalue weighted by molar-refractivity contribution is 6.01. The van der Waals surface area contributed by atoms with Crippen molar-refractivity contribution in [1.82, 2.24) is 5.32 Å². The van der Waals surface area contributed by atoms with Crippen molar-refractivity contribution in [3.8, 4) is 11.5 Å². The zero-order valence-corrected chi connectivity index (χ0v) is 16.8. The normalized spacial score (nSPS) is 16.7. The topological polar surface area (TPSA) is 72.3 Å². The van der Waals surface area contributed by atoms with Crippen molar-refractivity contribution >= 4 is 17.5 Å². The molecule has 2 N–H and O–H groups in total. The Morgan fingerprint density at radius 3 is 2.63 bits per heavy atom. The van der Waals surface area contributed by atoms with Crippen LogP contribution in [-0.4, -0.2) is 58.8 Å². The zero-order valence-electron chi connectivity index (χ0n) is 16.8. The molecule has 1 aromatic carbocycles. The van der Waals surface area contributed by atoms with E-state index in [2.05, 4.69) is 19.2 Å². The number of carbonyl (C=O) groups is 2. The second-order valence-electron chi connectivity index (χ2n) is 6.79. The summed E-state index contributed by atoms with van der Waals surface area (Å²) in [4.78, 5) is 28.1. The van der Waals surface area contributed by atoms with E-state index in [9.17, 15) is 9.59 Å². The zero-order chi connectivity index (χ0) is 19.8. The van der Waals surface area contributed by atoms with Gasteiger partial charge < -0.3 is 24.6 Å². The van der Waals surface area contributed by atoms with E-state index < -0.39 is 0 Å². The summed E-state index contributed by atoms with van der Waals surface area (Å²) in [5.41, 5.74) is 0.670. The highest BCUT2D eigenvalue weighted by atomic mass is 16.5. The highest BCUT2D eigenvalue weighted by Crippen LogP contribution is 2.35. The molecule has 0 radical (unpaired) electrons. The fourth-order valence-corrected chi connectivity index (χ4v) is 3.42. The molecule has 0 unspecified atom stereocenters. The predicted octanol–water partition coefficient (Wildman–Crippen LogP) is 0.488. The van der Waals surface area contributed by atoms with Gasteiger partial charge in [0.25, 0.3) is 0 Å². The Balaban J connectivity index is 1.92. The van der Waals surface area contributed by atoms with Gasteiger partial charge in [0, 0.05) is 32.0 Å². The van der Waals surface area contributed by atoms with Crippen molar-refractivity contribution in [2.45, 2.75) is 26.7 Å². The largest absolute Gasteiger partial charge is 0.497 e. The fourth-order valence-electron chi connectivity index (χ4n) is 3.42.